The number of benzene rings is 1. The largest absolute Gasteiger partial charge is 0.545 e. The molecule has 0 saturated heterocycles. The molecule has 0 radical (unpaired) electrons. The molecule has 0 atom stereocenters. The van der Waals surface area contributed by atoms with Crippen molar-refractivity contribution < 1.29 is 19.8 Å². The van der Waals surface area contributed by atoms with Crippen LogP contribution >= 0.6 is 0 Å². The summed E-state index contributed by atoms with van der Waals surface area (Å²) in [4.78, 5) is 23.3. The summed E-state index contributed by atoms with van der Waals surface area (Å²) in [5.41, 5.74) is 1.44. The van der Waals surface area contributed by atoms with Crippen LogP contribution in [-0.2, 0) is 0 Å². The molecule has 0 unspecified atom stereocenters. The van der Waals surface area contributed by atoms with Gasteiger partial charge < -0.3 is 19.8 Å². The van der Waals surface area contributed by atoms with Gasteiger partial charge in [0.15, 0.2) is 0 Å². The first-order chi connectivity index (χ1) is 11.6. The van der Waals surface area contributed by atoms with Gasteiger partial charge in [-0.3, -0.25) is 0 Å². The average Bonchev–Trinajstić information content (AvgIpc) is 2.61. The Hall–Kier alpha value is -1.84. The summed E-state index contributed by atoms with van der Waals surface area (Å²) in [6.45, 7) is 0. The van der Waals surface area contributed by atoms with Crippen LogP contribution in [0.15, 0.2) is 12.1 Å². The zero-order chi connectivity index (χ0) is 17.1. The Morgan fingerprint density at radius 1 is 0.750 bits per heavy atom. The Balaban J connectivity index is 2.14. The van der Waals surface area contributed by atoms with E-state index < -0.39 is 11.9 Å². The number of carbonyl (C=O) groups excluding carboxylic acids is 2. The maximum absolute atomic E-state index is 11.8. The molecule has 2 aliphatic carbocycles. The quantitative estimate of drug-likeness (QED) is 0.850. The summed E-state index contributed by atoms with van der Waals surface area (Å²) < 4.78 is 0. The van der Waals surface area contributed by atoms with E-state index in [0.717, 1.165) is 68.9 Å². The van der Waals surface area contributed by atoms with Crippen LogP contribution in [0.1, 0.15) is 108 Å². The number of hydrogen-bond donors (Lipinski definition) is 0. The smallest absolute Gasteiger partial charge is 0.0724 e. The lowest BCUT2D eigenvalue weighted by atomic mass is 9.73. The summed E-state index contributed by atoms with van der Waals surface area (Å²) in [5.74, 6) is -2.35. The Morgan fingerprint density at radius 3 is 1.79 bits per heavy atom. The van der Waals surface area contributed by atoms with Gasteiger partial charge in [-0.25, -0.2) is 0 Å². The molecule has 0 N–H and O–H groups in total. The van der Waals surface area contributed by atoms with Crippen LogP contribution in [0.3, 0.4) is 0 Å². The minimum absolute atomic E-state index is 0.120. The number of hydrogen-bond acceptors (Lipinski definition) is 4. The van der Waals surface area contributed by atoms with Crippen LogP contribution in [0.5, 0.6) is 0 Å². The summed E-state index contributed by atoms with van der Waals surface area (Å²) in [6.07, 6.45) is 10.8. The van der Waals surface area contributed by atoms with E-state index in [1.54, 1.807) is 0 Å². The van der Waals surface area contributed by atoms with Gasteiger partial charge in [-0.05, 0) is 48.6 Å². The summed E-state index contributed by atoms with van der Waals surface area (Å²) >= 11 is 0. The molecule has 4 nitrogen and oxygen atoms in total. The molecule has 0 spiro atoms. The normalized spacial score (nSPS) is 20.0. The lowest BCUT2D eigenvalue weighted by molar-refractivity contribution is -0.259. The van der Waals surface area contributed by atoms with E-state index in [-0.39, 0.29) is 17.0 Å². The third-order valence-electron chi connectivity index (χ3n) is 5.76. The summed E-state index contributed by atoms with van der Waals surface area (Å²) in [5, 5.41) is 23.3. The predicted molar refractivity (Wildman–Crippen MR) is 86.8 cm³/mol. The summed E-state index contributed by atoms with van der Waals surface area (Å²) in [6, 6.07) is 3.26. The van der Waals surface area contributed by atoms with E-state index in [0.29, 0.717) is 5.92 Å². The van der Waals surface area contributed by atoms with Gasteiger partial charge in [-0.1, -0.05) is 50.7 Å². The fraction of sp³-hybridized carbons (Fsp3) is 0.600. The number of carboxylic acid groups (broad SMARTS) is 2. The Bertz CT molecular complexity index is 623. The van der Waals surface area contributed by atoms with E-state index >= 15 is 0 Å². The van der Waals surface area contributed by atoms with Crippen molar-refractivity contribution >= 4 is 11.9 Å². The first-order valence-corrected chi connectivity index (χ1v) is 9.19. The van der Waals surface area contributed by atoms with Crippen molar-refractivity contribution in [2.75, 3.05) is 0 Å². The van der Waals surface area contributed by atoms with Crippen LogP contribution in [0.2, 0.25) is 0 Å². The highest BCUT2D eigenvalue weighted by atomic mass is 16.4. The van der Waals surface area contributed by atoms with Gasteiger partial charge in [0.25, 0.3) is 0 Å². The molecular formula is C20H24O4-2. The molecule has 24 heavy (non-hydrogen) atoms. The van der Waals surface area contributed by atoms with E-state index in [9.17, 15) is 19.8 Å². The van der Waals surface area contributed by atoms with Crippen LogP contribution in [0.4, 0.5) is 0 Å². The molecule has 3 rings (SSSR count). The maximum Gasteiger partial charge on any atom is 0.0724 e. The molecule has 1 aromatic carbocycles. The van der Waals surface area contributed by atoms with Crippen molar-refractivity contribution in [3.05, 3.63) is 34.4 Å². The standard InChI is InChI=1S/C20H26O4/c21-19(22)16-12-11-15(13-7-3-1-4-8-13)17(18(16)20(23)24)14-9-5-2-6-10-14/h11-14H,1-10H2,(H,21,22)(H,23,24)/p-2. The highest BCUT2D eigenvalue weighted by molar-refractivity contribution is 6.01. The Labute approximate surface area is 142 Å². The minimum atomic E-state index is -1.43. The maximum atomic E-state index is 11.8. The first-order valence-electron chi connectivity index (χ1n) is 9.19. The SMILES string of the molecule is O=C([O-])c1ccc(C2CCCCC2)c(C2CCCCC2)c1C(=O)[O-]. The fourth-order valence-electron chi connectivity index (χ4n) is 4.63. The van der Waals surface area contributed by atoms with Gasteiger partial charge in [0.1, 0.15) is 0 Å². The molecule has 2 fully saturated rings. The summed E-state index contributed by atoms with van der Waals surface area (Å²) in [7, 11) is 0. The monoisotopic (exact) mass is 328 g/mol. The molecule has 0 aromatic heterocycles. The van der Waals surface area contributed by atoms with Crippen LogP contribution < -0.4 is 10.2 Å². The second kappa shape index (κ2) is 7.37. The molecule has 2 saturated carbocycles. The average molecular weight is 328 g/mol. The third-order valence-corrected chi connectivity index (χ3v) is 5.76. The van der Waals surface area contributed by atoms with Gasteiger partial charge >= 0.3 is 0 Å². The minimum Gasteiger partial charge on any atom is -0.545 e. The molecule has 2 aliphatic rings. The molecule has 4 heteroatoms. The Kier molecular flexibility index (Phi) is 5.22. The topological polar surface area (TPSA) is 80.3 Å². The number of carbonyl (C=O) groups is 2. The van der Waals surface area contributed by atoms with Crippen molar-refractivity contribution in [3.8, 4) is 0 Å². The van der Waals surface area contributed by atoms with Gasteiger partial charge in [-0.15, -0.1) is 0 Å². The van der Waals surface area contributed by atoms with Crippen molar-refractivity contribution in [3.63, 3.8) is 0 Å². The molecule has 130 valence electrons. The van der Waals surface area contributed by atoms with Crippen LogP contribution in [0, 0.1) is 0 Å². The highest BCUT2D eigenvalue weighted by Gasteiger charge is 2.28. The molecule has 1 aromatic rings. The van der Waals surface area contributed by atoms with Crippen LogP contribution in [0.25, 0.3) is 0 Å². The zero-order valence-electron chi connectivity index (χ0n) is 14.0. The zero-order valence-corrected chi connectivity index (χ0v) is 14.0. The fourth-order valence-corrected chi connectivity index (χ4v) is 4.63. The Morgan fingerprint density at radius 2 is 1.29 bits per heavy atom. The first kappa shape index (κ1) is 17.0. The predicted octanol–water partition coefficient (Wildman–Crippen LogP) is 2.51. The molecule has 0 amide bonds. The van der Waals surface area contributed by atoms with E-state index in [1.165, 1.54) is 12.5 Å². The van der Waals surface area contributed by atoms with Gasteiger partial charge in [0, 0.05) is 11.1 Å². The van der Waals surface area contributed by atoms with Crippen molar-refractivity contribution in [2.45, 2.75) is 76.0 Å². The molecule has 0 heterocycles. The van der Waals surface area contributed by atoms with Gasteiger partial charge in [-0.2, -0.15) is 0 Å². The van der Waals surface area contributed by atoms with Crippen molar-refractivity contribution in [2.24, 2.45) is 0 Å². The van der Waals surface area contributed by atoms with Gasteiger partial charge in [0.05, 0.1) is 11.9 Å². The molecule has 0 bridgehead atoms. The third kappa shape index (κ3) is 3.33. The lowest BCUT2D eigenvalue weighted by Gasteiger charge is -2.33. The highest BCUT2D eigenvalue weighted by Crippen LogP contribution is 2.43. The van der Waals surface area contributed by atoms with Gasteiger partial charge in [0.2, 0.25) is 0 Å². The lowest BCUT2D eigenvalue weighted by Crippen LogP contribution is -2.33. The van der Waals surface area contributed by atoms with E-state index in [2.05, 4.69) is 0 Å². The molecular weight excluding hydrogens is 304 g/mol. The van der Waals surface area contributed by atoms with Crippen LogP contribution in [-0.4, -0.2) is 11.9 Å². The van der Waals surface area contributed by atoms with E-state index in [4.69, 9.17) is 0 Å². The van der Waals surface area contributed by atoms with E-state index in [1.807, 2.05) is 6.07 Å². The number of rotatable bonds is 4. The molecule has 0 aliphatic heterocycles. The number of carboxylic acids is 2. The second-order valence-electron chi connectivity index (χ2n) is 7.24. The van der Waals surface area contributed by atoms with Crippen molar-refractivity contribution in [1.82, 2.24) is 0 Å². The second-order valence-corrected chi connectivity index (χ2v) is 7.24. The number of aromatic carboxylic acids is 2. The van der Waals surface area contributed by atoms with Crippen molar-refractivity contribution in [1.29, 1.82) is 0 Å².